The maximum absolute atomic E-state index is 12.2. The lowest BCUT2D eigenvalue weighted by Gasteiger charge is -2.10. The largest absolute Gasteiger partial charge is 0.497 e. The fourth-order valence-electron chi connectivity index (χ4n) is 2.00. The molecule has 2 rings (SSSR count). The molecule has 0 saturated carbocycles. The van der Waals surface area contributed by atoms with Gasteiger partial charge < -0.3 is 20.5 Å². The Morgan fingerprint density at radius 3 is 2.62 bits per heavy atom. The molecule has 0 bridgehead atoms. The average molecular weight is 286 g/mol. The number of amides is 1. The van der Waals surface area contributed by atoms with Crippen LogP contribution in [0.5, 0.6) is 11.5 Å². The zero-order chi connectivity index (χ0) is 15.2. The molecule has 0 fully saturated rings. The molecule has 5 heteroatoms. The van der Waals surface area contributed by atoms with Crippen LogP contribution in [0.1, 0.15) is 15.9 Å². The third kappa shape index (κ3) is 3.66. The van der Waals surface area contributed by atoms with E-state index in [-0.39, 0.29) is 5.91 Å². The van der Waals surface area contributed by atoms with Crippen LogP contribution in [0.3, 0.4) is 0 Å². The van der Waals surface area contributed by atoms with E-state index in [1.165, 1.54) is 7.11 Å². The molecule has 110 valence electrons. The summed E-state index contributed by atoms with van der Waals surface area (Å²) in [4.78, 5) is 12.2. The van der Waals surface area contributed by atoms with Crippen LogP contribution in [0.2, 0.25) is 0 Å². The smallest absolute Gasteiger partial charge is 0.251 e. The molecular weight excluding hydrogens is 268 g/mol. The average Bonchev–Trinajstić information content (AvgIpc) is 2.52. The molecule has 0 unspecified atom stereocenters. The first-order chi connectivity index (χ1) is 10.1. The van der Waals surface area contributed by atoms with Gasteiger partial charge in [-0.15, -0.1) is 0 Å². The summed E-state index contributed by atoms with van der Waals surface area (Å²) in [5, 5.41) is 2.84. The van der Waals surface area contributed by atoms with Crippen molar-refractivity contribution in [3.05, 3.63) is 53.6 Å². The minimum atomic E-state index is -0.216. The standard InChI is InChI=1S/C16H18N2O3/c1-20-14-8-12(7-13(17)9-14)16(19)18-10-11-5-3-4-6-15(11)21-2/h3-9H,10,17H2,1-2H3,(H,18,19). The fourth-order valence-corrected chi connectivity index (χ4v) is 2.00. The van der Waals surface area contributed by atoms with Crippen molar-refractivity contribution in [1.82, 2.24) is 5.32 Å². The van der Waals surface area contributed by atoms with Crippen molar-refractivity contribution in [2.45, 2.75) is 6.54 Å². The van der Waals surface area contributed by atoms with Crippen molar-refractivity contribution in [3.63, 3.8) is 0 Å². The summed E-state index contributed by atoms with van der Waals surface area (Å²) in [6.45, 7) is 0.375. The van der Waals surface area contributed by atoms with Gasteiger partial charge in [-0.25, -0.2) is 0 Å². The summed E-state index contributed by atoms with van der Waals surface area (Å²) in [6.07, 6.45) is 0. The van der Waals surface area contributed by atoms with Gasteiger partial charge in [0.2, 0.25) is 0 Å². The normalized spacial score (nSPS) is 10.0. The predicted octanol–water partition coefficient (Wildman–Crippen LogP) is 2.22. The first-order valence-corrected chi connectivity index (χ1v) is 6.48. The number of rotatable bonds is 5. The molecule has 0 aromatic heterocycles. The van der Waals surface area contributed by atoms with Crippen molar-refractivity contribution in [2.24, 2.45) is 0 Å². The van der Waals surface area contributed by atoms with E-state index in [9.17, 15) is 4.79 Å². The van der Waals surface area contributed by atoms with Crippen molar-refractivity contribution < 1.29 is 14.3 Å². The van der Waals surface area contributed by atoms with E-state index < -0.39 is 0 Å². The van der Waals surface area contributed by atoms with E-state index in [4.69, 9.17) is 15.2 Å². The highest BCUT2D eigenvalue weighted by molar-refractivity contribution is 5.95. The van der Waals surface area contributed by atoms with Crippen molar-refractivity contribution in [3.8, 4) is 11.5 Å². The Morgan fingerprint density at radius 1 is 1.14 bits per heavy atom. The number of nitrogens with one attached hydrogen (secondary N) is 1. The number of nitrogens with two attached hydrogens (primary N) is 1. The van der Waals surface area contributed by atoms with Crippen LogP contribution in [0.15, 0.2) is 42.5 Å². The number of para-hydroxylation sites is 1. The Bertz CT molecular complexity index is 641. The highest BCUT2D eigenvalue weighted by atomic mass is 16.5. The van der Waals surface area contributed by atoms with Crippen molar-refractivity contribution >= 4 is 11.6 Å². The van der Waals surface area contributed by atoms with Crippen molar-refractivity contribution in [1.29, 1.82) is 0 Å². The van der Waals surface area contributed by atoms with E-state index in [1.54, 1.807) is 25.3 Å². The number of carbonyl (C=O) groups is 1. The fraction of sp³-hybridized carbons (Fsp3) is 0.188. The molecule has 5 nitrogen and oxygen atoms in total. The second-order valence-electron chi connectivity index (χ2n) is 4.49. The first kappa shape index (κ1) is 14.7. The molecule has 0 spiro atoms. The molecule has 0 saturated heterocycles. The topological polar surface area (TPSA) is 73.6 Å². The molecular formula is C16H18N2O3. The van der Waals surface area contributed by atoms with Gasteiger partial charge >= 0.3 is 0 Å². The molecule has 2 aromatic carbocycles. The molecule has 1 amide bonds. The quantitative estimate of drug-likeness (QED) is 0.827. The molecule has 0 aliphatic rings. The van der Waals surface area contributed by atoms with Crippen LogP contribution >= 0.6 is 0 Å². The lowest BCUT2D eigenvalue weighted by Crippen LogP contribution is -2.23. The van der Waals surface area contributed by atoms with Crippen LogP contribution in [0.25, 0.3) is 0 Å². The van der Waals surface area contributed by atoms with E-state index >= 15 is 0 Å². The number of carbonyl (C=O) groups excluding carboxylic acids is 1. The van der Waals surface area contributed by atoms with Gasteiger partial charge in [0.1, 0.15) is 11.5 Å². The Labute approximate surface area is 123 Å². The molecule has 0 heterocycles. The zero-order valence-electron chi connectivity index (χ0n) is 12.1. The Kier molecular flexibility index (Phi) is 4.66. The van der Waals surface area contributed by atoms with Gasteiger partial charge in [0.05, 0.1) is 14.2 Å². The van der Waals surface area contributed by atoms with Crippen LogP contribution < -0.4 is 20.5 Å². The number of ether oxygens (including phenoxy) is 2. The van der Waals surface area contributed by atoms with Crippen molar-refractivity contribution in [2.75, 3.05) is 20.0 Å². The summed E-state index contributed by atoms with van der Waals surface area (Å²) < 4.78 is 10.4. The minimum Gasteiger partial charge on any atom is -0.497 e. The van der Waals surface area contributed by atoms with E-state index in [2.05, 4.69) is 5.32 Å². The summed E-state index contributed by atoms with van der Waals surface area (Å²) >= 11 is 0. The minimum absolute atomic E-state index is 0.216. The molecule has 0 aliphatic carbocycles. The number of hydrogen-bond donors (Lipinski definition) is 2. The molecule has 3 N–H and O–H groups in total. The Hall–Kier alpha value is -2.69. The predicted molar refractivity (Wildman–Crippen MR) is 81.6 cm³/mol. The van der Waals surface area contributed by atoms with Gasteiger partial charge in [0.25, 0.3) is 5.91 Å². The second kappa shape index (κ2) is 6.65. The number of nitrogen functional groups attached to an aromatic ring is 1. The number of benzene rings is 2. The van der Waals surface area contributed by atoms with Crippen LogP contribution in [-0.4, -0.2) is 20.1 Å². The first-order valence-electron chi connectivity index (χ1n) is 6.48. The molecule has 21 heavy (non-hydrogen) atoms. The van der Waals surface area contributed by atoms with E-state index in [0.717, 1.165) is 11.3 Å². The van der Waals surface area contributed by atoms with Gasteiger partial charge in [-0.05, 0) is 18.2 Å². The molecule has 0 aliphatic heterocycles. The monoisotopic (exact) mass is 286 g/mol. The summed E-state index contributed by atoms with van der Waals surface area (Å²) in [7, 11) is 3.13. The van der Waals surface area contributed by atoms with Gasteiger partial charge in [0.15, 0.2) is 0 Å². The molecule has 2 aromatic rings. The number of methoxy groups -OCH3 is 2. The molecule has 0 radical (unpaired) electrons. The SMILES string of the molecule is COc1cc(N)cc(C(=O)NCc2ccccc2OC)c1. The van der Waals surface area contributed by atoms with Crippen LogP contribution in [0.4, 0.5) is 5.69 Å². The Morgan fingerprint density at radius 2 is 1.90 bits per heavy atom. The second-order valence-corrected chi connectivity index (χ2v) is 4.49. The van der Waals surface area contributed by atoms with Gasteiger partial charge in [-0.1, -0.05) is 18.2 Å². The third-order valence-corrected chi connectivity index (χ3v) is 3.06. The Balaban J connectivity index is 2.10. The highest BCUT2D eigenvalue weighted by Crippen LogP contribution is 2.19. The third-order valence-electron chi connectivity index (χ3n) is 3.06. The summed E-state index contributed by atoms with van der Waals surface area (Å²) in [5.41, 5.74) is 7.60. The van der Waals surface area contributed by atoms with E-state index in [0.29, 0.717) is 23.5 Å². The lowest BCUT2D eigenvalue weighted by atomic mass is 10.1. The molecule has 0 atom stereocenters. The number of anilines is 1. The summed E-state index contributed by atoms with van der Waals surface area (Å²) in [5.74, 6) is 1.08. The van der Waals surface area contributed by atoms with Crippen LogP contribution in [0, 0.1) is 0 Å². The van der Waals surface area contributed by atoms with Gasteiger partial charge in [-0.2, -0.15) is 0 Å². The van der Waals surface area contributed by atoms with Gasteiger partial charge in [0, 0.05) is 29.4 Å². The number of hydrogen-bond acceptors (Lipinski definition) is 4. The summed E-state index contributed by atoms with van der Waals surface area (Å²) in [6, 6.07) is 12.5. The lowest BCUT2D eigenvalue weighted by molar-refractivity contribution is 0.0950. The maximum atomic E-state index is 12.2. The zero-order valence-corrected chi connectivity index (χ0v) is 12.1. The van der Waals surface area contributed by atoms with Gasteiger partial charge in [-0.3, -0.25) is 4.79 Å². The highest BCUT2D eigenvalue weighted by Gasteiger charge is 2.09. The van der Waals surface area contributed by atoms with E-state index in [1.807, 2.05) is 24.3 Å². The maximum Gasteiger partial charge on any atom is 0.251 e. The van der Waals surface area contributed by atoms with Crippen LogP contribution in [-0.2, 0) is 6.54 Å².